The van der Waals surface area contributed by atoms with E-state index >= 15 is 0 Å². The maximum Gasteiger partial charge on any atom is 0.231 e. The van der Waals surface area contributed by atoms with Crippen molar-refractivity contribution >= 4 is 5.78 Å². The Bertz CT molecular complexity index is 443. The predicted octanol–water partition coefficient (Wildman–Crippen LogP) is 1.90. The summed E-state index contributed by atoms with van der Waals surface area (Å²) in [7, 11) is 0. The van der Waals surface area contributed by atoms with Crippen molar-refractivity contribution < 1.29 is 14.3 Å². The highest BCUT2D eigenvalue weighted by Crippen LogP contribution is 2.36. The molecule has 0 radical (unpaired) electrons. The third-order valence-electron chi connectivity index (χ3n) is 2.85. The largest absolute Gasteiger partial charge is 0.454 e. The highest BCUT2D eigenvalue weighted by molar-refractivity contribution is 6.00. The number of Topliss-reactive ketones (excluding diaryl/α,β-unsaturated/α-hetero) is 1. The lowest BCUT2D eigenvalue weighted by Crippen LogP contribution is -2.33. The summed E-state index contributed by atoms with van der Waals surface area (Å²) < 4.78 is 10.6. The molecule has 1 aromatic carbocycles. The van der Waals surface area contributed by atoms with Crippen molar-refractivity contribution in [3.8, 4) is 11.5 Å². The molecule has 4 nitrogen and oxygen atoms in total. The molecule has 1 N–H and O–H groups in total. The molecule has 2 rings (SSSR count). The Kier molecular flexibility index (Phi) is 3.33. The van der Waals surface area contributed by atoms with Gasteiger partial charge in [0.15, 0.2) is 17.3 Å². The van der Waals surface area contributed by atoms with Crippen LogP contribution in [-0.4, -0.2) is 25.2 Å². The Hall–Kier alpha value is -1.55. The Labute approximate surface area is 101 Å². The van der Waals surface area contributed by atoms with Gasteiger partial charge in [0, 0.05) is 5.56 Å². The first-order chi connectivity index (χ1) is 8.13. The molecular weight excluding hydrogens is 218 g/mol. The first-order valence-electron chi connectivity index (χ1n) is 5.81. The molecule has 0 saturated carbocycles. The van der Waals surface area contributed by atoms with E-state index in [2.05, 4.69) is 5.32 Å². The van der Waals surface area contributed by atoms with Crippen molar-refractivity contribution in [2.24, 2.45) is 0 Å². The van der Waals surface area contributed by atoms with Crippen molar-refractivity contribution in [1.82, 2.24) is 5.32 Å². The minimum atomic E-state index is -0.181. The fraction of sp³-hybridized carbons (Fsp3) is 0.462. The average Bonchev–Trinajstić information content (AvgIpc) is 2.77. The normalized spacial score (nSPS) is 14.8. The number of ketones is 1. The molecule has 0 amide bonds. The van der Waals surface area contributed by atoms with Crippen molar-refractivity contribution in [3.05, 3.63) is 23.3 Å². The summed E-state index contributed by atoms with van der Waals surface area (Å²) in [6, 6.07) is 3.43. The van der Waals surface area contributed by atoms with Crippen molar-refractivity contribution in [3.63, 3.8) is 0 Å². The number of fused-ring (bicyclic) bond motifs is 1. The number of rotatable bonds is 4. The maximum atomic E-state index is 12.1. The van der Waals surface area contributed by atoms with Gasteiger partial charge in [-0.1, -0.05) is 6.92 Å². The number of carbonyl (C=O) groups excluding carboxylic acids is 1. The number of ether oxygens (including phenoxy) is 2. The molecule has 0 bridgehead atoms. The molecule has 1 unspecified atom stereocenters. The quantitative estimate of drug-likeness (QED) is 0.810. The number of benzene rings is 1. The van der Waals surface area contributed by atoms with Gasteiger partial charge in [-0.2, -0.15) is 0 Å². The minimum absolute atomic E-state index is 0.0771. The smallest absolute Gasteiger partial charge is 0.231 e. The average molecular weight is 235 g/mol. The SMILES string of the molecule is CCNC(C)C(=O)c1cc(C)c2c(c1)OCO2. The van der Waals surface area contributed by atoms with Crippen LogP contribution in [0.3, 0.4) is 0 Å². The molecule has 0 saturated heterocycles. The van der Waals surface area contributed by atoms with Gasteiger partial charge >= 0.3 is 0 Å². The summed E-state index contributed by atoms with van der Waals surface area (Å²) in [6.07, 6.45) is 0. The van der Waals surface area contributed by atoms with Crippen LogP contribution in [-0.2, 0) is 0 Å². The van der Waals surface area contributed by atoms with E-state index in [0.29, 0.717) is 11.3 Å². The van der Waals surface area contributed by atoms with Crippen LogP contribution in [0.25, 0.3) is 0 Å². The molecule has 0 spiro atoms. The predicted molar refractivity (Wildman–Crippen MR) is 64.8 cm³/mol. The van der Waals surface area contributed by atoms with E-state index in [1.54, 1.807) is 6.07 Å². The maximum absolute atomic E-state index is 12.1. The molecule has 1 atom stereocenters. The van der Waals surface area contributed by atoms with Gasteiger partial charge < -0.3 is 14.8 Å². The van der Waals surface area contributed by atoms with Gasteiger partial charge in [0.2, 0.25) is 6.79 Å². The molecule has 4 heteroatoms. The second-order valence-electron chi connectivity index (χ2n) is 4.17. The summed E-state index contributed by atoms with van der Waals surface area (Å²) in [5.41, 5.74) is 1.60. The van der Waals surface area contributed by atoms with Gasteiger partial charge in [-0.05, 0) is 38.1 Å². The number of aryl methyl sites for hydroxylation is 1. The molecule has 1 aliphatic rings. The van der Waals surface area contributed by atoms with E-state index in [1.807, 2.05) is 26.8 Å². The fourth-order valence-corrected chi connectivity index (χ4v) is 1.98. The Morgan fingerprint density at radius 1 is 1.47 bits per heavy atom. The van der Waals surface area contributed by atoms with Gasteiger partial charge in [0.1, 0.15) is 0 Å². The summed E-state index contributed by atoms with van der Waals surface area (Å²) in [6.45, 7) is 6.77. The zero-order chi connectivity index (χ0) is 12.4. The highest BCUT2D eigenvalue weighted by Gasteiger charge is 2.21. The van der Waals surface area contributed by atoms with E-state index in [4.69, 9.17) is 9.47 Å². The van der Waals surface area contributed by atoms with Crippen LogP contribution in [0.5, 0.6) is 11.5 Å². The van der Waals surface area contributed by atoms with E-state index in [-0.39, 0.29) is 18.6 Å². The summed E-state index contributed by atoms with van der Waals surface area (Å²) in [5.74, 6) is 1.49. The van der Waals surface area contributed by atoms with Crippen LogP contribution in [0.1, 0.15) is 29.8 Å². The second kappa shape index (κ2) is 4.75. The molecule has 1 aromatic rings. The van der Waals surface area contributed by atoms with E-state index < -0.39 is 0 Å². The first kappa shape index (κ1) is 11.9. The number of carbonyl (C=O) groups is 1. The van der Waals surface area contributed by atoms with E-state index in [1.165, 1.54) is 0 Å². The van der Waals surface area contributed by atoms with E-state index in [9.17, 15) is 4.79 Å². The van der Waals surface area contributed by atoms with Crippen LogP contribution in [0.2, 0.25) is 0 Å². The highest BCUT2D eigenvalue weighted by atomic mass is 16.7. The van der Waals surface area contributed by atoms with Gasteiger partial charge in [0.25, 0.3) is 0 Å². The Balaban J connectivity index is 2.28. The van der Waals surface area contributed by atoms with Crippen LogP contribution in [0.4, 0.5) is 0 Å². The zero-order valence-electron chi connectivity index (χ0n) is 10.4. The lowest BCUT2D eigenvalue weighted by Gasteiger charge is -2.12. The first-order valence-corrected chi connectivity index (χ1v) is 5.81. The second-order valence-corrected chi connectivity index (χ2v) is 4.17. The van der Waals surface area contributed by atoms with Gasteiger partial charge in [-0.15, -0.1) is 0 Å². The molecule has 92 valence electrons. The van der Waals surface area contributed by atoms with Crippen LogP contribution in [0, 0.1) is 6.92 Å². The van der Waals surface area contributed by atoms with Gasteiger partial charge in [-0.25, -0.2) is 0 Å². The van der Waals surface area contributed by atoms with Gasteiger partial charge in [-0.3, -0.25) is 4.79 Å². The topological polar surface area (TPSA) is 47.6 Å². The van der Waals surface area contributed by atoms with Crippen LogP contribution < -0.4 is 14.8 Å². The molecule has 1 heterocycles. The monoisotopic (exact) mass is 235 g/mol. The van der Waals surface area contributed by atoms with Crippen LogP contribution in [0.15, 0.2) is 12.1 Å². The number of hydrogen-bond donors (Lipinski definition) is 1. The zero-order valence-corrected chi connectivity index (χ0v) is 10.4. The fourth-order valence-electron chi connectivity index (χ4n) is 1.98. The molecule has 0 fully saturated rings. The summed E-state index contributed by atoms with van der Waals surface area (Å²) >= 11 is 0. The summed E-state index contributed by atoms with van der Waals surface area (Å²) in [4.78, 5) is 12.1. The van der Waals surface area contributed by atoms with Crippen molar-refractivity contribution in [2.45, 2.75) is 26.8 Å². The third kappa shape index (κ3) is 2.26. The number of hydrogen-bond acceptors (Lipinski definition) is 4. The van der Waals surface area contributed by atoms with Crippen molar-refractivity contribution in [2.75, 3.05) is 13.3 Å². The van der Waals surface area contributed by atoms with Crippen molar-refractivity contribution in [1.29, 1.82) is 0 Å². The number of likely N-dealkylation sites (N-methyl/N-ethyl adjacent to an activating group) is 1. The molecule has 0 aromatic heterocycles. The molecule has 17 heavy (non-hydrogen) atoms. The lowest BCUT2D eigenvalue weighted by atomic mass is 10.0. The standard InChI is InChI=1S/C13H17NO3/c1-4-14-9(3)12(15)10-5-8(2)13-11(6-10)16-7-17-13/h5-6,9,14H,4,7H2,1-3H3. The molecule has 0 aliphatic carbocycles. The van der Waals surface area contributed by atoms with Crippen LogP contribution >= 0.6 is 0 Å². The Morgan fingerprint density at radius 3 is 2.94 bits per heavy atom. The minimum Gasteiger partial charge on any atom is -0.454 e. The molecule has 1 aliphatic heterocycles. The lowest BCUT2D eigenvalue weighted by molar-refractivity contribution is 0.0951. The molecular formula is C13H17NO3. The third-order valence-corrected chi connectivity index (χ3v) is 2.85. The Morgan fingerprint density at radius 2 is 2.24 bits per heavy atom. The van der Waals surface area contributed by atoms with Gasteiger partial charge in [0.05, 0.1) is 6.04 Å². The van der Waals surface area contributed by atoms with E-state index in [0.717, 1.165) is 17.9 Å². The number of nitrogens with one attached hydrogen (secondary N) is 1. The summed E-state index contributed by atoms with van der Waals surface area (Å²) in [5, 5.41) is 3.11.